The molecular weight excluding hydrogens is 789 g/mol. The molecule has 1 aliphatic heterocycles. The summed E-state index contributed by atoms with van der Waals surface area (Å²) in [6, 6.07) is 50.5. The van der Waals surface area contributed by atoms with Crippen molar-refractivity contribution in [2.75, 3.05) is 0 Å². The summed E-state index contributed by atoms with van der Waals surface area (Å²) in [4.78, 5) is 0. The Kier molecular flexibility index (Phi) is 9.49. The van der Waals surface area contributed by atoms with E-state index >= 15 is 0 Å². The Hall–Kier alpha value is -6.90. The Morgan fingerprint density at radius 1 is 0.308 bits per heavy atom. The number of benzene rings is 9. The summed E-state index contributed by atoms with van der Waals surface area (Å²) < 4.78 is 13.1. The molecule has 0 spiro atoms. The fourth-order valence-corrected chi connectivity index (χ4v) is 11.3. The van der Waals surface area contributed by atoms with Crippen molar-refractivity contribution < 1.29 is 9.47 Å². The molecule has 3 aliphatic rings. The van der Waals surface area contributed by atoms with Gasteiger partial charge >= 0.3 is 0 Å². The topological polar surface area (TPSA) is 18.5 Å². The van der Waals surface area contributed by atoms with Crippen molar-refractivity contribution in [1.82, 2.24) is 0 Å². The summed E-state index contributed by atoms with van der Waals surface area (Å²) in [5, 5.41) is 5.62. The number of rotatable bonds is 4. The first-order chi connectivity index (χ1) is 31.1. The molecule has 2 heteroatoms. The first-order valence-corrected chi connectivity index (χ1v) is 23.2. The van der Waals surface area contributed by atoms with Crippen LogP contribution in [0, 0.1) is 55.4 Å². The molecular formula is C63H56O2. The van der Waals surface area contributed by atoms with Crippen LogP contribution in [0.2, 0.25) is 0 Å². The number of hydrogen-bond acceptors (Lipinski definition) is 2. The van der Waals surface area contributed by atoms with Crippen molar-refractivity contribution in [2.24, 2.45) is 0 Å². The molecule has 0 unspecified atom stereocenters. The summed E-state index contributed by atoms with van der Waals surface area (Å²) in [7, 11) is 0. The summed E-state index contributed by atoms with van der Waals surface area (Å²) >= 11 is 0. The molecule has 9 aromatic rings. The Labute approximate surface area is 384 Å². The predicted octanol–water partition coefficient (Wildman–Crippen LogP) is 16.8. The van der Waals surface area contributed by atoms with E-state index in [-0.39, 0.29) is 0 Å². The maximum absolute atomic E-state index is 6.53. The first kappa shape index (κ1) is 40.8. The lowest BCUT2D eigenvalue weighted by Crippen LogP contribution is -2.34. The SMILES string of the molecule is Cc1cc(C)cc(-c2cc3c4c(c2)OC(C)(C)Oc2cc(-c5cc(C)cc(C)c5)cc(c2-4)C3)c1.Cc1cc(C)cc(-c2cc3c4c(ccc5cc(-c6cc(C)cc(C)c6)cc(c54)C3)c2)c1. The van der Waals surface area contributed by atoms with Gasteiger partial charge in [0.15, 0.2) is 0 Å². The normalized spacial score (nSPS) is 13.6. The van der Waals surface area contributed by atoms with Gasteiger partial charge in [0.2, 0.25) is 5.79 Å². The van der Waals surface area contributed by atoms with Gasteiger partial charge in [-0.15, -0.1) is 0 Å². The lowest BCUT2D eigenvalue weighted by atomic mass is 9.94. The molecule has 65 heavy (non-hydrogen) atoms. The van der Waals surface area contributed by atoms with Crippen molar-refractivity contribution in [2.45, 2.75) is 87.9 Å². The Balaban J connectivity index is 0.000000145. The molecule has 12 rings (SSSR count). The minimum atomic E-state index is -0.770. The molecule has 0 fully saturated rings. The third kappa shape index (κ3) is 7.49. The van der Waals surface area contributed by atoms with E-state index in [4.69, 9.17) is 9.47 Å². The molecule has 0 saturated heterocycles. The van der Waals surface area contributed by atoms with Gasteiger partial charge in [0, 0.05) is 25.0 Å². The van der Waals surface area contributed by atoms with Gasteiger partial charge in [0.25, 0.3) is 0 Å². The molecule has 9 aromatic carbocycles. The van der Waals surface area contributed by atoms with Crippen molar-refractivity contribution in [1.29, 1.82) is 0 Å². The third-order valence-corrected chi connectivity index (χ3v) is 13.5. The van der Waals surface area contributed by atoms with Crippen LogP contribution in [0.1, 0.15) is 80.6 Å². The summed E-state index contributed by atoms with van der Waals surface area (Å²) in [6.07, 6.45) is 1.90. The van der Waals surface area contributed by atoms with Crippen molar-refractivity contribution in [3.8, 4) is 67.1 Å². The highest BCUT2D eigenvalue weighted by Crippen LogP contribution is 2.54. The van der Waals surface area contributed by atoms with Crippen LogP contribution in [0.25, 0.3) is 77.2 Å². The molecule has 0 N–H and O–H groups in total. The van der Waals surface area contributed by atoms with Gasteiger partial charge in [-0.05, 0) is 193 Å². The largest absolute Gasteiger partial charge is 0.452 e. The van der Waals surface area contributed by atoms with E-state index in [9.17, 15) is 0 Å². The van der Waals surface area contributed by atoms with E-state index in [1.165, 1.54) is 144 Å². The summed E-state index contributed by atoms with van der Waals surface area (Å²) in [5.41, 5.74) is 28.5. The average Bonchev–Trinajstić information content (AvgIpc) is 3.77. The van der Waals surface area contributed by atoms with Crippen LogP contribution >= 0.6 is 0 Å². The van der Waals surface area contributed by atoms with Crippen molar-refractivity contribution in [3.63, 3.8) is 0 Å². The van der Waals surface area contributed by atoms with Gasteiger partial charge in [0.05, 0.1) is 0 Å². The molecule has 0 saturated carbocycles. The molecule has 2 nitrogen and oxygen atoms in total. The second-order valence-electron chi connectivity index (χ2n) is 20.0. The lowest BCUT2D eigenvalue weighted by molar-refractivity contribution is -0.0778. The zero-order valence-corrected chi connectivity index (χ0v) is 39.4. The minimum absolute atomic E-state index is 0.770. The molecule has 320 valence electrons. The maximum Gasteiger partial charge on any atom is 0.245 e. The highest BCUT2D eigenvalue weighted by atomic mass is 16.7. The third-order valence-electron chi connectivity index (χ3n) is 13.5. The van der Waals surface area contributed by atoms with Gasteiger partial charge in [-0.25, -0.2) is 0 Å². The van der Waals surface area contributed by atoms with Crippen LogP contribution in [-0.4, -0.2) is 5.79 Å². The fraction of sp³-hybridized carbons (Fsp3) is 0.206. The van der Waals surface area contributed by atoms with E-state index in [1.807, 2.05) is 13.8 Å². The second-order valence-corrected chi connectivity index (χ2v) is 20.0. The fourth-order valence-electron chi connectivity index (χ4n) is 11.3. The van der Waals surface area contributed by atoms with Crippen molar-refractivity contribution >= 4 is 21.5 Å². The molecule has 0 bridgehead atoms. The van der Waals surface area contributed by atoms with Crippen LogP contribution < -0.4 is 9.47 Å². The predicted molar refractivity (Wildman–Crippen MR) is 274 cm³/mol. The highest BCUT2D eigenvalue weighted by Gasteiger charge is 2.36. The van der Waals surface area contributed by atoms with E-state index in [1.54, 1.807) is 0 Å². The first-order valence-electron chi connectivity index (χ1n) is 23.2. The van der Waals surface area contributed by atoms with Crippen molar-refractivity contribution in [3.05, 3.63) is 200 Å². The van der Waals surface area contributed by atoms with Crippen LogP contribution in [0.3, 0.4) is 0 Å². The average molecular weight is 845 g/mol. The van der Waals surface area contributed by atoms with Gasteiger partial charge in [-0.1, -0.05) is 142 Å². The number of hydrogen-bond donors (Lipinski definition) is 0. The van der Waals surface area contributed by atoms with E-state index < -0.39 is 5.79 Å². The summed E-state index contributed by atoms with van der Waals surface area (Å²) in [5.74, 6) is 1.05. The lowest BCUT2D eigenvalue weighted by Gasteiger charge is -2.26. The summed E-state index contributed by atoms with van der Waals surface area (Å²) in [6.45, 7) is 21.4. The van der Waals surface area contributed by atoms with Crippen LogP contribution in [-0.2, 0) is 12.8 Å². The maximum atomic E-state index is 6.53. The van der Waals surface area contributed by atoms with Gasteiger partial charge in [-0.2, -0.15) is 0 Å². The zero-order chi connectivity index (χ0) is 45.1. The second kappa shape index (κ2) is 15.1. The molecule has 0 amide bonds. The molecule has 1 heterocycles. The number of ether oxygens (including phenoxy) is 2. The molecule has 0 radical (unpaired) electrons. The zero-order valence-electron chi connectivity index (χ0n) is 39.4. The number of aryl methyl sites for hydroxylation is 8. The van der Waals surface area contributed by atoms with E-state index in [0.29, 0.717) is 0 Å². The Bertz CT molecular complexity index is 3180. The molecule has 0 atom stereocenters. The van der Waals surface area contributed by atoms with E-state index in [0.717, 1.165) is 24.3 Å². The smallest absolute Gasteiger partial charge is 0.245 e. The Morgan fingerprint density at radius 3 is 0.892 bits per heavy atom. The van der Waals surface area contributed by atoms with E-state index in [2.05, 4.69) is 189 Å². The standard InChI is InChI=1S/C32H30O2.C31H26/c1-18-7-19(2)10-22(9-18)24-13-26-15-27-14-25(23-11-20(3)8-21(4)12-23)17-29-31(27)30(26)28(16-24)33-32(5,6)34-29;1-18-7-19(2)10-24(9-18)26-13-22-5-6-23-14-27(25-11-20(3)8-21(4)12-25)16-29-17-28(15-26)30(22)31(23)29/h7-14,16-17H,15H2,1-6H3;5-16H,17H2,1-4H3. The van der Waals surface area contributed by atoms with Gasteiger partial charge in [0.1, 0.15) is 11.5 Å². The quantitative estimate of drug-likeness (QED) is 0.164. The molecule has 2 aliphatic carbocycles. The molecule has 0 aromatic heterocycles. The highest BCUT2D eigenvalue weighted by molar-refractivity contribution is 6.15. The Morgan fingerprint density at radius 2 is 0.569 bits per heavy atom. The minimum Gasteiger partial charge on any atom is -0.452 e. The monoisotopic (exact) mass is 844 g/mol. The van der Waals surface area contributed by atoms with Gasteiger partial charge in [-0.3, -0.25) is 0 Å². The van der Waals surface area contributed by atoms with Gasteiger partial charge < -0.3 is 9.47 Å². The van der Waals surface area contributed by atoms with Crippen LogP contribution in [0.5, 0.6) is 11.5 Å². The van der Waals surface area contributed by atoms with Crippen LogP contribution in [0.15, 0.2) is 133 Å². The van der Waals surface area contributed by atoms with Crippen LogP contribution in [0.4, 0.5) is 0 Å².